The van der Waals surface area contributed by atoms with Crippen LogP contribution in [0.25, 0.3) is 0 Å². The molecule has 1 unspecified atom stereocenters. The van der Waals surface area contributed by atoms with Gasteiger partial charge in [0, 0.05) is 18.1 Å². The first-order valence-electron chi connectivity index (χ1n) is 6.32. The number of nitrogens with zero attached hydrogens (tertiary/aromatic N) is 1. The summed E-state index contributed by atoms with van der Waals surface area (Å²) in [7, 11) is 0. The average molecular weight is 258 g/mol. The SMILES string of the molecule is CCC(NC(=O)Cc1ccc(N)cc1)c1ncc[nH]1. The predicted octanol–water partition coefficient (Wildman–Crippen LogP) is 1.80. The number of carbonyl (C=O) groups is 1. The Bertz CT molecular complexity index is 519. The Morgan fingerprint density at radius 1 is 1.42 bits per heavy atom. The summed E-state index contributed by atoms with van der Waals surface area (Å²) in [5.41, 5.74) is 7.26. The second-order valence-corrected chi connectivity index (χ2v) is 4.42. The van der Waals surface area contributed by atoms with E-state index < -0.39 is 0 Å². The minimum atomic E-state index is -0.0729. The van der Waals surface area contributed by atoms with Crippen molar-refractivity contribution < 1.29 is 4.79 Å². The lowest BCUT2D eigenvalue weighted by Gasteiger charge is -2.14. The molecule has 1 amide bonds. The van der Waals surface area contributed by atoms with E-state index in [-0.39, 0.29) is 11.9 Å². The number of imidazole rings is 1. The highest BCUT2D eigenvalue weighted by atomic mass is 16.1. The van der Waals surface area contributed by atoms with Crippen LogP contribution in [0.5, 0.6) is 0 Å². The zero-order valence-corrected chi connectivity index (χ0v) is 10.9. The van der Waals surface area contributed by atoms with Crippen molar-refractivity contribution >= 4 is 11.6 Å². The van der Waals surface area contributed by atoms with Gasteiger partial charge in [-0.1, -0.05) is 19.1 Å². The second kappa shape index (κ2) is 6.04. The van der Waals surface area contributed by atoms with Gasteiger partial charge in [-0.05, 0) is 24.1 Å². The van der Waals surface area contributed by atoms with Gasteiger partial charge in [-0.25, -0.2) is 4.98 Å². The van der Waals surface area contributed by atoms with Crippen LogP contribution < -0.4 is 11.1 Å². The molecule has 0 aliphatic rings. The van der Waals surface area contributed by atoms with Gasteiger partial charge in [0.15, 0.2) is 0 Å². The van der Waals surface area contributed by atoms with Crippen LogP contribution in [0.15, 0.2) is 36.7 Å². The molecule has 1 aromatic heterocycles. The fraction of sp³-hybridized carbons (Fsp3) is 0.286. The number of aromatic nitrogens is 2. The molecule has 2 rings (SSSR count). The zero-order valence-electron chi connectivity index (χ0n) is 10.9. The Morgan fingerprint density at radius 3 is 2.74 bits per heavy atom. The summed E-state index contributed by atoms with van der Waals surface area (Å²) >= 11 is 0. The molecule has 0 aliphatic heterocycles. The molecular weight excluding hydrogens is 240 g/mol. The first-order chi connectivity index (χ1) is 9.19. The van der Waals surface area contributed by atoms with E-state index in [2.05, 4.69) is 15.3 Å². The van der Waals surface area contributed by atoms with E-state index >= 15 is 0 Å². The molecule has 2 aromatic rings. The second-order valence-electron chi connectivity index (χ2n) is 4.42. The third-order valence-corrected chi connectivity index (χ3v) is 2.94. The number of nitrogens with one attached hydrogen (secondary N) is 2. The Kier molecular flexibility index (Phi) is 4.18. The Labute approximate surface area is 112 Å². The summed E-state index contributed by atoms with van der Waals surface area (Å²) in [6.45, 7) is 2.01. The van der Waals surface area contributed by atoms with E-state index in [9.17, 15) is 4.79 Å². The molecule has 0 saturated heterocycles. The molecule has 4 N–H and O–H groups in total. The zero-order chi connectivity index (χ0) is 13.7. The number of benzene rings is 1. The van der Waals surface area contributed by atoms with Gasteiger partial charge in [0.05, 0.1) is 12.5 Å². The smallest absolute Gasteiger partial charge is 0.225 e. The summed E-state index contributed by atoms with van der Waals surface area (Å²) < 4.78 is 0. The Balaban J connectivity index is 1.95. The van der Waals surface area contributed by atoms with Crippen LogP contribution >= 0.6 is 0 Å². The van der Waals surface area contributed by atoms with Crippen LogP contribution in [0.2, 0.25) is 0 Å². The quantitative estimate of drug-likeness (QED) is 0.715. The number of hydrogen-bond donors (Lipinski definition) is 3. The fourth-order valence-electron chi connectivity index (χ4n) is 1.90. The fourth-order valence-corrected chi connectivity index (χ4v) is 1.90. The number of anilines is 1. The van der Waals surface area contributed by atoms with Crippen molar-refractivity contribution in [3.8, 4) is 0 Å². The summed E-state index contributed by atoms with van der Waals surface area (Å²) in [4.78, 5) is 19.2. The Hall–Kier alpha value is -2.30. The lowest BCUT2D eigenvalue weighted by atomic mass is 10.1. The molecule has 5 nitrogen and oxygen atoms in total. The van der Waals surface area contributed by atoms with Gasteiger partial charge in [0.1, 0.15) is 5.82 Å². The van der Waals surface area contributed by atoms with E-state index in [0.29, 0.717) is 12.1 Å². The maximum Gasteiger partial charge on any atom is 0.225 e. The first kappa shape index (κ1) is 13.1. The molecule has 0 saturated carbocycles. The van der Waals surface area contributed by atoms with Gasteiger partial charge in [-0.15, -0.1) is 0 Å². The number of aromatic amines is 1. The molecule has 0 radical (unpaired) electrons. The van der Waals surface area contributed by atoms with Crippen molar-refractivity contribution in [1.29, 1.82) is 0 Å². The highest BCUT2D eigenvalue weighted by molar-refractivity contribution is 5.79. The van der Waals surface area contributed by atoms with Crippen LogP contribution in [0, 0.1) is 0 Å². The number of nitrogen functional groups attached to an aromatic ring is 1. The molecular formula is C14H18N4O. The molecule has 19 heavy (non-hydrogen) atoms. The number of carbonyl (C=O) groups excluding carboxylic acids is 1. The van der Waals surface area contributed by atoms with Gasteiger partial charge in [0.2, 0.25) is 5.91 Å². The number of rotatable bonds is 5. The van der Waals surface area contributed by atoms with Crippen molar-refractivity contribution in [1.82, 2.24) is 15.3 Å². The maximum atomic E-state index is 12.0. The van der Waals surface area contributed by atoms with Crippen LogP contribution in [-0.4, -0.2) is 15.9 Å². The molecule has 5 heteroatoms. The monoisotopic (exact) mass is 258 g/mol. The topological polar surface area (TPSA) is 83.8 Å². The third-order valence-electron chi connectivity index (χ3n) is 2.94. The minimum Gasteiger partial charge on any atom is -0.399 e. The van der Waals surface area contributed by atoms with E-state index in [1.54, 1.807) is 24.5 Å². The standard InChI is InChI=1S/C14H18N4O/c1-2-12(14-16-7-8-17-14)18-13(19)9-10-3-5-11(15)6-4-10/h3-8,12H,2,9,15H2,1H3,(H,16,17)(H,18,19). The largest absolute Gasteiger partial charge is 0.399 e. The first-order valence-corrected chi connectivity index (χ1v) is 6.32. The molecule has 0 aliphatic carbocycles. The summed E-state index contributed by atoms with van der Waals surface area (Å²) in [5.74, 6) is 0.765. The summed E-state index contributed by atoms with van der Waals surface area (Å²) in [5, 5.41) is 2.97. The van der Waals surface area contributed by atoms with Crippen LogP contribution in [-0.2, 0) is 11.2 Å². The lowest BCUT2D eigenvalue weighted by molar-refractivity contribution is -0.121. The van der Waals surface area contributed by atoms with Crippen molar-refractivity contribution in [2.24, 2.45) is 0 Å². The van der Waals surface area contributed by atoms with Crippen molar-refractivity contribution in [2.45, 2.75) is 25.8 Å². The van der Waals surface area contributed by atoms with E-state index in [4.69, 9.17) is 5.73 Å². The number of nitrogens with two attached hydrogens (primary N) is 1. The Morgan fingerprint density at radius 2 is 2.16 bits per heavy atom. The summed E-state index contributed by atoms with van der Waals surface area (Å²) in [6.07, 6.45) is 4.58. The minimum absolute atomic E-state index is 0.0204. The summed E-state index contributed by atoms with van der Waals surface area (Å²) in [6, 6.07) is 7.25. The number of hydrogen-bond acceptors (Lipinski definition) is 3. The van der Waals surface area contributed by atoms with Crippen LogP contribution in [0.3, 0.4) is 0 Å². The number of H-pyrrole nitrogens is 1. The predicted molar refractivity (Wildman–Crippen MR) is 74.3 cm³/mol. The maximum absolute atomic E-state index is 12.0. The molecule has 0 bridgehead atoms. The molecule has 0 spiro atoms. The van der Waals surface area contributed by atoms with E-state index in [0.717, 1.165) is 17.8 Å². The van der Waals surface area contributed by atoms with Crippen molar-refractivity contribution in [3.63, 3.8) is 0 Å². The van der Waals surface area contributed by atoms with Crippen molar-refractivity contribution in [3.05, 3.63) is 48.0 Å². The normalized spacial score (nSPS) is 12.1. The van der Waals surface area contributed by atoms with Gasteiger partial charge >= 0.3 is 0 Å². The van der Waals surface area contributed by atoms with Crippen LogP contribution in [0.4, 0.5) is 5.69 Å². The van der Waals surface area contributed by atoms with E-state index in [1.165, 1.54) is 0 Å². The van der Waals surface area contributed by atoms with Gasteiger partial charge in [-0.2, -0.15) is 0 Å². The van der Waals surface area contributed by atoms with Gasteiger partial charge in [-0.3, -0.25) is 4.79 Å². The average Bonchev–Trinajstić information content (AvgIpc) is 2.92. The third kappa shape index (κ3) is 3.58. The van der Waals surface area contributed by atoms with Gasteiger partial charge in [0.25, 0.3) is 0 Å². The highest BCUT2D eigenvalue weighted by Crippen LogP contribution is 2.12. The molecule has 100 valence electrons. The lowest BCUT2D eigenvalue weighted by Crippen LogP contribution is -2.30. The van der Waals surface area contributed by atoms with Gasteiger partial charge < -0.3 is 16.0 Å². The van der Waals surface area contributed by atoms with Crippen molar-refractivity contribution in [2.75, 3.05) is 5.73 Å². The molecule has 1 heterocycles. The molecule has 1 aromatic carbocycles. The molecule has 0 fully saturated rings. The highest BCUT2D eigenvalue weighted by Gasteiger charge is 2.14. The number of amides is 1. The van der Waals surface area contributed by atoms with Crippen LogP contribution in [0.1, 0.15) is 30.8 Å². The van der Waals surface area contributed by atoms with E-state index in [1.807, 2.05) is 19.1 Å². The molecule has 1 atom stereocenters.